The maximum Gasteiger partial charge on any atom is 0.163 e. The Morgan fingerprint density at radius 3 is 1.20 bits per heavy atom. The van der Waals surface area contributed by atoms with Crippen LogP contribution in [0.2, 0.25) is 0 Å². The van der Waals surface area contributed by atoms with Gasteiger partial charge in [0.2, 0.25) is 0 Å². The van der Waals surface area contributed by atoms with Crippen molar-refractivity contribution in [2.45, 2.75) is 0 Å². The molecule has 104 valence electrons. The van der Waals surface area contributed by atoms with E-state index in [9.17, 15) is 10.4 Å². The van der Waals surface area contributed by atoms with Gasteiger partial charge in [0.25, 0.3) is 0 Å². The Labute approximate surface area is 113 Å². The van der Waals surface area contributed by atoms with Gasteiger partial charge in [0.15, 0.2) is 11.4 Å². The number of nitrogens with one attached hydrogen (secondary N) is 2. The average molecular weight is 276 g/mol. The van der Waals surface area contributed by atoms with Crippen LogP contribution in [0, 0.1) is 10.4 Å². The van der Waals surface area contributed by atoms with Crippen LogP contribution in [0.3, 0.4) is 0 Å². The Kier molecular flexibility index (Phi) is 4.48. The van der Waals surface area contributed by atoms with Gasteiger partial charge < -0.3 is 10.4 Å². The number of azo groups is 1. The van der Waals surface area contributed by atoms with Gasteiger partial charge >= 0.3 is 0 Å². The standard InChI is InChI=1S/C12H12N4O4/c17-15(18)11-5-1-9(2-6-11)13-14-10-3-7-12(8-4-10)16(19)20/h1-8,15-17,19H. The van der Waals surface area contributed by atoms with Crippen LogP contribution in [0.15, 0.2) is 58.8 Å². The predicted molar refractivity (Wildman–Crippen MR) is 68.6 cm³/mol. The minimum Gasteiger partial charge on any atom is -0.595 e. The van der Waals surface area contributed by atoms with E-state index in [1.807, 2.05) is 0 Å². The lowest BCUT2D eigenvalue weighted by atomic mass is 10.3. The molecule has 0 saturated heterocycles. The predicted octanol–water partition coefficient (Wildman–Crippen LogP) is 0.909. The summed E-state index contributed by atoms with van der Waals surface area (Å²) in [7, 11) is 0. The quantitative estimate of drug-likeness (QED) is 0.490. The molecule has 0 aliphatic heterocycles. The Balaban J connectivity index is 2.08. The Hall–Kier alpha value is -2.20. The fourth-order valence-corrected chi connectivity index (χ4v) is 1.46. The molecule has 0 amide bonds. The summed E-state index contributed by atoms with van der Waals surface area (Å²) in [5.74, 6) is 0. The highest BCUT2D eigenvalue weighted by atomic mass is 16.8. The van der Waals surface area contributed by atoms with Crippen molar-refractivity contribution in [2.24, 2.45) is 10.2 Å². The molecule has 2 aromatic rings. The van der Waals surface area contributed by atoms with Crippen molar-refractivity contribution in [1.82, 2.24) is 0 Å². The highest BCUT2D eigenvalue weighted by Gasteiger charge is 2.00. The smallest absolute Gasteiger partial charge is 0.163 e. The number of hydrogen-bond acceptors (Lipinski definition) is 6. The largest absolute Gasteiger partial charge is 0.595 e. The maximum absolute atomic E-state index is 10.7. The highest BCUT2D eigenvalue weighted by molar-refractivity contribution is 5.46. The van der Waals surface area contributed by atoms with E-state index in [2.05, 4.69) is 10.2 Å². The summed E-state index contributed by atoms with van der Waals surface area (Å²) in [5.41, 5.74) is 1.37. The first kappa shape index (κ1) is 14.2. The second kappa shape index (κ2) is 6.30. The van der Waals surface area contributed by atoms with Crippen molar-refractivity contribution in [1.29, 1.82) is 0 Å². The van der Waals surface area contributed by atoms with E-state index in [1.54, 1.807) is 24.3 Å². The van der Waals surface area contributed by atoms with Gasteiger partial charge in [0, 0.05) is 24.3 Å². The Bertz CT molecular complexity index is 528. The molecule has 0 radical (unpaired) electrons. The van der Waals surface area contributed by atoms with Gasteiger partial charge in [-0.05, 0) is 24.3 Å². The van der Waals surface area contributed by atoms with Crippen LogP contribution in [0.4, 0.5) is 22.7 Å². The fourth-order valence-electron chi connectivity index (χ4n) is 1.46. The van der Waals surface area contributed by atoms with E-state index in [0.717, 1.165) is 0 Å². The summed E-state index contributed by atoms with van der Waals surface area (Å²) < 4.78 is 0. The van der Waals surface area contributed by atoms with Crippen molar-refractivity contribution in [3.63, 3.8) is 0 Å². The normalized spacial score (nSPS) is 14.4. The van der Waals surface area contributed by atoms with Gasteiger partial charge in [-0.3, -0.25) is 0 Å². The Morgan fingerprint density at radius 2 is 0.950 bits per heavy atom. The van der Waals surface area contributed by atoms with Crippen LogP contribution in [0.5, 0.6) is 0 Å². The van der Waals surface area contributed by atoms with Crippen LogP contribution in [-0.2, 0) is 0 Å². The zero-order valence-corrected chi connectivity index (χ0v) is 10.2. The number of benzene rings is 2. The number of rotatable bonds is 4. The molecule has 0 aromatic heterocycles. The van der Waals surface area contributed by atoms with Crippen LogP contribution in [0.1, 0.15) is 0 Å². The van der Waals surface area contributed by atoms with Crippen molar-refractivity contribution in [3.05, 3.63) is 58.9 Å². The zero-order valence-electron chi connectivity index (χ0n) is 10.2. The summed E-state index contributed by atoms with van der Waals surface area (Å²) in [4.78, 5) is 0. The molecule has 0 aliphatic rings. The lowest BCUT2D eigenvalue weighted by Crippen LogP contribution is -2.99. The van der Waals surface area contributed by atoms with Crippen molar-refractivity contribution < 1.29 is 20.9 Å². The molecule has 0 bridgehead atoms. The summed E-state index contributed by atoms with van der Waals surface area (Å²) in [6, 6.07) is 11.9. The molecule has 0 saturated carbocycles. The third kappa shape index (κ3) is 3.65. The SMILES string of the molecule is [O-][NH+](O)c1ccc(N=Nc2ccc([NH+]([O-])O)cc2)cc1. The second-order valence-corrected chi connectivity index (χ2v) is 3.90. The van der Waals surface area contributed by atoms with Gasteiger partial charge in [-0.25, -0.2) is 10.4 Å². The van der Waals surface area contributed by atoms with Crippen LogP contribution >= 0.6 is 0 Å². The maximum atomic E-state index is 10.7. The lowest BCUT2D eigenvalue weighted by Gasteiger charge is -2.10. The van der Waals surface area contributed by atoms with E-state index in [-0.39, 0.29) is 11.4 Å². The summed E-state index contributed by atoms with van der Waals surface area (Å²) in [6.45, 7) is 0. The molecule has 0 aliphatic carbocycles. The van der Waals surface area contributed by atoms with Gasteiger partial charge in [0.05, 0.1) is 11.4 Å². The topological polar surface area (TPSA) is 120 Å². The molecule has 4 N–H and O–H groups in total. The lowest BCUT2D eigenvalue weighted by molar-refractivity contribution is -0.991. The monoisotopic (exact) mass is 276 g/mol. The fraction of sp³-hybridized carbons (Fsp3) is 0. The first-order valence-corrected chi connectivity index (χ1v) is 5.65. The van der Waals surface area contributed by atoms with Crippen molar-refractivity contribution in [2.75, 3.05) is 0 Å². The molecule has 0 fully saturated rings. The van der Waals surface area contributed by atoms with E-state index in [1.165, 1.54) is 24.3 Å². The third-order valence-electron chi connectivity index (χ3n) is 2.51. The van der Waals surface area contributed by atoms with Gasteiger partial charge in [0.1, 0.15) is 0 Å². The molecule has 8 nitrogen and oxygen atoms in total. The van der Waals surface area contributed by atoms with Gasteiger partial charge in [-0.1, -0.05) is 0 Å². The molecule has 2 atom stereocenters. The molecule has 2 unspecified atom stereocenters. The Morgan fingerprint density at radius 1 is 0.650 bits per heavy atom. The summed E-state index contributed by atoms with van der Waals surface area (Å²) in [5, 5.41) is 44.7. The minimum absolute atomic E-state index is 0.176. The first-order chi connectivity index (χ1) is 9.56. The zero-order chi connectivity index (χ0) is 14.5. The van der Waals surface area contributed by atoms with E-state index >= 15 is 0 Å². The molecule has 2 aromatic carbocycles. The van der Waals surface area contributed by atoms with E-state index < -0.39 is 10.5 Å². The average Bonchev–Trinajstić information content (AvgIpc) is 2.46. The van der Waals surface area contributed by atoms with Gasteiger partial charge in [-0.2, -0.15) is 20.7 Å². The number of quaternary nitrogens is 2. The number of hydrogen-bond donors (Lipinski definition) is 4. The molecule has 8 heteroatoms. The van der Waals surface area contributed by atoms with Crippen LogP contribution < -0.4 is 10.5 Å². The van der Waals surface area contributed by atoms with E-state index in [4.69, 9.17) is 10.4 Å². The van der Waals surface area contributed by atoms with Crippen LogP contribution in [-0.4, -0.2) is 10.4 Å². The highest BCUT2D eigenvalue weighted by Crippen LogP contribution is 2.19. The number of nitrogens with zero attached hydrogens (tertiary/aromatic N) is 2. The molecule has 20 heavy (non-hydrogen) atoms. The van der Waals surface area contributed by atoms with Crippen molar-refractivity contribution in [3.8, 4) is 0 Å². The summed E-state index contributed by atoms with van der Waals surface area (Å²) >= 11 is 0. The molecule has 0 heterocycles. The molecular formula is C12H12N4O4. The van der Waals surface area contributed by atoms with Crippen molar-refractivity contribution >= 4 is 22.7 Å². The third-order valence-corrected chi connectivity index (χ3v) is 2.51. The van der Waals surface area contributed by atoms with E-state index in [0.29, 0.717) is 11.4 Å². The molecule has 2 rings (SSSR count). The first-order valence-electron chi connectivity index (χ1n) is 5.65. The minimum atomic E-state index is -1.00. The van der Waals surface area contributed by atoms with Crippen LogP contribution in [0.25, 0.3) is 0 Å². The molecule has 0 spiro atoms. The second-order valence-electron chi connectivity index (χ2n) is 3.90. The molecular weight excluding hydrogens is 264 g/mol. The summed E-state index contributed by atoms with van der Waals surface area (Å²) in [6.07, 6.45) is 0. The van der Waals surface area contributed by atoms with Gasteiger partial charge in [-0.15, -0.1) is 0 Å².